The fourth-order valence-corrected chi connectivity index (χ4v) is 0.669. The topological polar surface area (TPSA) is 94.0 Å². The van der Waals surface area contributed by atoms with Crippen LogP contribution in [0.1, 0.15) is 0 Å². The summed E-state index contributed by atoms with van der Waals surface area (Å²) in [5.41, 5.74) is 5.65. The van der Waals surface area contributed by atoms with Crippen LogP contribution in [0.5, 0.6) is 5.75 Å². The van der Waals surface area contributed by atoms with E-state index in [4.69, 9.17) is 11.1 Å². The summed E-state index contributed by atoms with van der Waals surface area (Å²) in [6.45, 7) is 0. The molecule has 1 aromatic rings. The van der Waals surface area contributed by atoms with Crippen molar-refractivity contribution in [2.24, 2.45) is 0 Å². The number of hydrogen-bond donors (Lipinski definition) is 2. The third-order valence-electron chi connectivity index (χ3n) is 1.11. The number of rotatable bonds is 1. The molecule has 0 amide bonds. The Hall–Kier alpha value is -1.63. The number of halogens is 3. The Bertz CT molecular complexity index is 333. The van der Waals surface area contributed by atoms with Crippen molar-refractivity contribution in [3.8, 4) is 5.75 Å². The summed E-state index contributed by atoms with van der Waals surface area (Å²) in [6, 6.07) is 4.98. The number of hydrogen-bond acceptors (Lipinski definition) is 3. The van der Waals surface area contributed by atoms with E-state index >= 15 is 0 Å². The molecule has 16 heavy (non-hydrogen) atoms. The van der Waals surface area contributed by atoms with Gasteiger partial charge in [0.25, 0.3) is 0 Å². The smallest absolute Gasteiger partial charge is 0.573 e. The zero-order chi connectivity index (χ0) is 11.9. The number of benzene rings is 1. The van der Waals surface area contributed by atoms with E-state index < -0.39 is 6.36 Å². The highest BCUT2D eigenvalue weighted by Crippen LogP contribution is 2.22. The molecule has 0 spiro atoms. The molecule has 0 bridgehead atoms. The van der Waals surface area contributed by atoms with Gasteiger partial charge in [-0.1, -0.05) is 12.2 Å². The summed E-state index contributed by atoms with van der Waals surface area (Å²) >= 11 is 3.70. The maximum atomic E-state index is 11.6. The second kappa shape index (κ2) is 7.63. The standard InChI is InChI=1S/C7H6F3NO.CNS.H3N/c8-7(9,10)12-6-3-1-5(11)2-4-6;2-1-3;/h1-4H,11H2;;1H3/q;-1;/p+1. The largest absolute Gasteiger partial charge is 0.753 e. The first-order valence-corrected chi connectivity index (χ1v) is 3.92. The Morgan fingerprint density at radius 2 is 1.62 bits per heavy atom. The first-order chi connectivity index (χ1) is 6.89. The van der Waals surface area contributed by atoms with Crippen LogP contribution in [-0.2, 0) is 0 Å². The van der Waals surface area contributed by atoms with Gasteiger partial charge in [-0.05, 0) is 24.3 Å². The van der Waals surface area contributed by atoms with E-state index in [0.29, 0.717) is 5.69 Å². The molecule has 0 saturated heterocycles. The molecule has 0 unspecified atom stereocenters. The molecule has 1 rings (SSSR count). The lowest BCUT2D eigenvalue weighted by Crippen LogP contribution is -2.16. The van der Waals surface area contributed by atoms with Crippen LogP contribution in [0.4, 0.5) is 18.9 Å². The third-order valence-corrected chi connectivity index (χ3v) is 1.11. The number of quaternary nitrogens is 1. The van der Waals surface area contributed by atoms with Gasteiger partial charge >= 0.3 is 6.36 Å². The van der Waals surface area contributed by atoms with Crippen LogP contribution < -0.4 is 16.6 Å². The van der Waals surface area contributed by atoms with Crippen LogP contribution in [0.15, 0.2) is 24.3 Å². The van der Waals surface area contributed by atoms with E-state index in [1.54, 1.807) is 0 Å². The summed E-state index contributed by atoms with van der Waals surface area (Å²) in [7, 11) is 0. The highest BCUT2D eigenvalue weighted by molar-refractivity contribution is 7.78. The maximum Gasteiger partial charge on any atom is 0.573 e. The number of isothiocyanates is 1. The molecule has 6 N–H and O–H groups in total. The average Bonchev–Trinajstić information content (AvgIpc) is 2.08. The van der Waals surface area contributed by atoms with Crippen molar-refractivity contribution in [1.29, 1.82) is 0 Å². The van der Waals surface area contributed by atoms with E-state index in [-0.39, 0.29) is 11.9 Å². The average molecular weight is 253 g/mol. The number of thiocarbonyl (C=S) groups is 1. The minimum absolute atomic E-state index is 0. The number of nitrogen functional groups attached to an aromatic ring is 1. The van der Waals surface area contributed by atoms with Gasteiger partial charge in [0.15, 0.2) is 0 Å². The summed E-state index contributed by atoms with van der Waals surface area (Å²) in [4.78, 5) is 0. The van der Waals surface area contributed by atoms with Gasteiger partial charge in [-0.3, -0.25) is 0 Å². The molecule has 0 heterocycles. The second-order valence-corrected chi connectivity index (χ2v) is 2.39. The summed E-state index contributed by atoms with van der Waals surface area (Å²) in [6.07, 6.45) is -4.64. The van der Waals surface area contributed by atoms with Crippen molar-refractivity contribution in [2.45, 2.75) is 6.36 Å². The van der Waals surface area contributed by atoms with Gasteiger partial charge in [-0.2, -0.15) is 5.16 Å². The zero-order valence-corrected chi connectivity index (χ0v) is 9.10. The van der Waals surface area contributed by atoms with Crippen molar-refractivity contribution in [1.82, 2.24) is 6.15 Å². The minimum atomic E-state index is -4.64. The van der Waals surface area contributed by atoms with Gasteiger partial charge in [0.05, 0.1) is 0 Å². The van der Waals surface area contributed by atoms with Crippen LogP contribution in [0, 0.1) is 0 Å². The highest BCUT2D eigenvalue weighted by Gasteiger charge is 2.30. The molecule has 0 aromatic heterocycles. The molecule has 0 aliphatic heterocycles. The Morgan fingerprint density at radius 1 is 1.25 bits per heavy atom. The zero-order valence-electron chi connectivity index (χ0n) is 8.28. The Morgan fingerprint density at radius 3 is 1.94 bits per heavy atom. The molecular weight excluding hydrogens is 243 g/mol. The molecule has 8 heteroatoms. The fourth-order valence-electron chi connectivity index (χ4n) is 0.669. The van der Waals surface area contributed by atoms with Crippen LogP contribution in [0.3, 0.4) is 0 Å². The molecule has 4 nitrogen and oxygen atoms in total. The first kappa shape index (κ1) is 16.8. The third kappa shape index (κ3) is 8.95. The van der Waals surface area contributed by atoms with Crippen LogP contribution in [0.25, 0.3) is 5.41 Å². The second-order valence-electron chi connectivity index (χ2n) is 2.21. The van der Waals surface area contributed by atoms with Crippen molar-refractivity contribution in [3.63, 3.8) is 0 Å². The van der Waals surface area contributed by atoms with Gasteiger partial charge in [-0.15, -0.1) is 13.2 Å². The lowest BCUT2D eigenvalue weighted by Gasteiger charge is -2.07. The Labute approximate surface area is 95.3 Å². The van der Waals surface area contributed by atoms with Crippen molar-refractivity contribution >= 4 is 23.1 Å². The quantitative estimate of drug-likeness (QED) is 0.457. The van der Waals surface area contributed by atoms with Crippen LogP contribution in [0.2, 0.25) is 0 Å². The van der Waals surface area contributed by atoms with Crippen LogP contribution in [-0.4, -0.2) is 11.5 Å². The van der Waals surface area contributed by atoms with Gasteiger partial charge in [0.1, 0.15) is 5.75 Å². The molecule has 90 valence electrons. The number of ether oxygens (including phenoxy) is 1. The van der Waals surface area contributed by atoms with Gasteiger partial charge in [0, 0.05) is 5.69 Å². The van der Waals surface area contributed by atoms with Crippen molar-refractivity contribution in [3.05, 3.63) is 29.7 Å². The number of nitrogens with two attached hydrogens (primary N) is 1. The lowest BCUT2D eigenvalue weighted by molar-refractivity contribution is -0.274. The SMILES string of the molecule is Nc1ccc(OC(F)(F)F)cc1.[N-]=C=S.[NH4+]. The fraction of sp³-hybridized carbons (Fsp3) is 0.125. The molecule has 0 radical (unpaired) electrons. The number of anilines is 1. The van der Waals surface area contributed by atoms with E-state index in [9.17, 15) is 13.2 Å². The number of nitrogens with zero attached hydrogens (tertiary/aromatic N) is 1. The van der Waals surface area contributed by atoms with Crippen LogP contribution >= 0.6 is 12.2 Å². The maximum absolute atomic E-state index is 11.6. The highest BCUT2D eigenvalue weighted by atomic mass is 32.1. The molecular formula is C8H10F3N3OS. The van der Waals surface area contributed by atoms with E-state index in [1.807, 2.05) is 0 Å². The molecule has 0 fully saturated rings. The number of alkyl halides is 3. The summed E-state index contributed by atoms with van der Waals surface area (Å²) in [5, 5.41) is 8.47. The molecule has 0 atom stereocenters. The predicted octanol–water partition coefficient (Wildman–Crippen LogP) is 3.20. The molecule has 1 aromatic carbocycles. The minimum Gasteiger partial charge on any atom is -0.753 e. The van der Waals surface area contributed by atoms with Gasteiger partial charge in [-0.25, -0.2) is 0 Å². The summed E-state index contributed by atoms with van der Waals surface area (Å²) < 4.78 is 38.4. The van der Waals surface area contributed by atoms with Gasteiger partial charge in [0.2, 0.25) is 0 Å². The van der Waals surface area contributed by atoms with E-state index in [2.05, 4.69) is 17.0 Å². The monoisotopic (exact) mass is 253 g/mol. The molecule has 0 saturated carbocycles. The van der Waals surface area contributed by atoms with Gasteiger partial charge < -0.3 is 22.0 Å². The normalized spacial score (nSPS) is 8.94. The lowest BCUT2D eigenvalue weighted by atomic mass is 10.3. The van der Waals surface area contributed by atoms with Crippen molar-refractivity contribution < 1.29 is 17.9 Å². The predicted molar refractivity (Wildman–Crippen MR) is 59.5 cm³/mol. The first-order valence-electron chi connectivity index (χ1n) is 3.51. The summed E-state index contributed by atoms with van der Waals surface area (Å²) in [5.74, 6) is -0.267. The van der Waals surface area contributed by atoms with E-state index in [1.165, 1.54) is 17.3 Å². The molecule has 0 aliphatic rings. The van der Waals surface area contributed by atoms with Crippen molar-refractivity contribution in [2.75, 3.05) is 5.73 Å². The Kier molecular flexibility index (Phi) is 8.01. The van der Waals surface area contributed by atoms with E-state index in [0.717, 1.165) is 12.1 Å². The molecule has 0 aliphatic carbocycles. The Balaban J connectivity index is 0.